The number of pyridine rings is 1. The number of phenolic OH excluding ortho intramolecular Hbond substituents is 1. The van der Waals surface area contributed by atoms with Gasteiger partial charge in [0.15, 0.2) is 0 Å². The third-order valence-corrected chi connectivity index (χ3v) is 10.4. The molecule has 8 aromatic rings. The van der Waals surface area contributed by atoms with Crippen LogP contribution in [0.15, 0.2) is 152 Å². The van der Waals surface area contributed by atoms with E-state index in [2.05, 4.69) is 102 Å². The number of imidazole rings is 1. The molecule has 0 unspecified atom stereocenters. The number of benzene rings is 6. The van der Waals surface area contributed by atoms with Crippen LogP contribution >= 0.6 is 0 Å². The van der Waals surface area contributed by atoms with Gasteiger partial charge in [-0.3, -0.25) is 9.55 Å². The van der Waals surface area contributed by atoms with E-state index >= 15 is 0 Å². The highest BCUT2D eigenvalue weighted by molar-refractivity contribution is 5.97. The van der Waals surface area contributed by atoms with Crippen LogP contribution < -0.4 is 0 Å². The van der Waals surface area contributed by atoms with E-state index < -0.39 is 6.85 Å². The smallest absolute Gasteiger partial charge is 0.149 e. The Morgan fingerprint density at radius 2 is 1.24 bits per heavy atom. The highest BCUT2D eigenvalue weighted by atomic mass is 16.3. The van der Waals surface area contributed by atoms with Gasteiger partial charge in [-0.25, -0.2) is 4.98 Å². The van der Waals surface area contributed by atoms with Crippen LogP contribution in [0.4, 0.5) is 0 Å². The number of fused-ring (bicyclic) bond motifs is 1. The lowest BCUT2D eigenvalue weighted by molar-refractivity contribution is 0.477. The molecule has 4 heteroatoms. The number of rotatable bonds is 6. The fraction of sp³-hybridized carbons (Fsp3) is 0.176. The molecule has 0 fully saturated rings. The van der Waals surface area contributed by atoms with Gasteiger partial charge in [0, 0.05) is 27.1 Å². The number of para-hydroxylation sites is 2. The molecule has 0 aliphatic heterocycles. The Bertz CT molecular complexity index is 2790. The average Bonchev–Trinajstić information content (AvgIpc) is 3.60. The van der Waals surface area contributed by atoms with Crippen molar-refractivity contribution >= 4 is 11.0 Å². The average molecular weight is 721 g/mol. The molecular weight excluding hydrogens is 671 g/mol. The maximum absolute atomic E-state index is 11.3. The molecule has 2 heterocycles. The Morgan fingerprint density at radius 1 is 0.545 bits per heavy atom. The molecule has 6 aromatic carbocycles. The summed E-state index contributed by atoms with van der Waals surface area (Å²) in [6, 6.07) is 48.1. The number of hydrogen-bond donors (Lipinski definition) is 1. The number of nitrogens with zero attached hydrogens (tertiary/aromatic N) is 3. The van der Waals surface area contributed by atoms with Crippen molar-refractivity contribution in [2.24, 2.45) is 0 Å². The molecule has 2 aromatic heterocycles. The molecule has 8 rings (SSSR count). The molecule has 55 heavy (non-hydrogen) atoms. The normalized spacial score (nSPS) is 13.0. The molecule has 0 bridgehead atoms. The van der Waals surface area contributed by atoms with Crippen molar-refractivity contribution in [1.29, 1.82) is 0 Å². The lowest BCUT2D eigenvalue weighted by Gasteiger charge is -2.22. The van der Waals surface area contributed by atoms with Crippen LogP contribution in [0.3, 0.4) is 0 Å². The van der Waals surface area contributed by atoms with E-state index in [4.69, 9.17) is 14.1 Å². The first-order valence-electron chi connectivity index (χ1n) is 20.3. The van der Waals surface area contributed by atoms with Crippen molar-refractivity contribution in [1.82, 2.24) is 14.5 Å². The fourth-order valence-corrected chi connectivity index (χ4v) is 7.27. The van der Waals surface area contributed by atoms with Crippen molar-refractivity contribution in [2.45, 2.75) is 59.2 Å². The van der Waals surface area contributed by atoms with E-state index in [1.165, 1.54) is 5.56 Å². The number of hydrogen-bond acceptors (Lipinski definition) is 3. The number of phenols is 1. The van der Waals surface area contributed by atoms with Crippen molar-refractivity contribution in [3.63, 3.8) is 0 Å². The first kappa shape index (κ1) is 32.2. The zero-order chi connectivity index (χ0) is 41.0. The molecule has 0 amide bonds. The van der Waals surface area contributed by atoms with Crippen LogP contribution in [0.25, 0.3) is 72.7 Å². The Hall–Kier alpha value is -6.26. The largest absolute Gasteiger partial charge is 0.507 e. The summed E-state index contributed by atoms with van der Waals surface area (Å²) < 4.78 is 27.3. The molecule has 0 atom stereocenters. The molecule has 0 radical (unpaired) electrons. The molecule has 0 aliphatic rings. The van der Waals surface area contributed by atoms with Crippen LogP contribution in [-0.2, 0) is 10.8 Å². The Morgan fingerprint density at radius 3 is 1.96 bits per heavy atom. The van der Waals surface area contributed by atoms with Gasteiger partial charge in [0.25, 0.3) is 0 Å². The Balaban J connectivity index is 1.35. The second-order valence-electron chi connectivity index (χ2n) is 16.4. The summed E-state index contributed by atoms with van der Waals surface area (Å²) in [6.45, 7) is 11.0. The topological polar surface area (TPSA) is 50.9 Å². The van der Waals surface area contributed by atoms with Gasteiger partial charge >= 0.3 is 0 Å². The quantitative estimate of drug-likeness (QED) is 0.186. The van der Waals surface area contributed by atoms with E-state index in [-0.39, 0.29) is 22.1 Å². The highest BCUT2D eigenvalue weighted by Crippen LogP contribution is 2.41. The standard InChI is InChI=1S/C51H47N3O/c1-33-26-37(34-14-9-8-10-15-34)31-42(27-33)54-46-18-13-17-43(48(46)53-49(54)44-16-11-12-19-47(44)55)38-28-39(30-41(29-38)51(5,6)7)45-32-36(24-25-52-45)35-20-22-40(23-21-35)50(2,3)4/h8-32,55H,1-7H3/i1D3. The minimum atomic E-state index is -2.36. The van der Waals surface area contributed by atoms with Gasteiger partial charge < -0.3 is 5.11 Å². The van der Waals surface area contributed by atoms with E-state index in [1.54, 1.807) is 24.3 Å². The zero-order valence-electron chi connectivity index (χ0n) is 35.2. The van der Waals surface area contributed by atoms with Crippen molar-refractivity contribution < 1.29 is 9.22 Å². The van der Waals surface area contributed by atoms with Crippen molar-refractivity contribution in [2.75, 3.05) is 0 Å². The predicted molar refractivity (Wildman–Crippen MR) is 230 cm³/mol. The van der Waals surface area contributed by atoms with Gasteiger partial charge in [-0.15, -0.1) is 0 Å². The summed E-state index contributed by atoms with van der Waals surface area (Å²) >= 11 is 0. The van der Waals surface area contributed by atoms with E-state index in [1.807, 2.05) is 71.4 Å². The Labute approximate surface area is 329 Å². The minimum absolute atomic E-state index is 0.0690. The molecule has 4 nitrogen and oxygen atoms in total. The van der Waals surface area contributed by atoms with Crippen LogP contribution in [0, 0.1) is 6.85 Å². The number of aromatic hydroxyl groups is 1. The monoisotopic (exact) mass is 720 g/mol. The summed E-state index contributed by atoms with van der Waals surface area (Å²) in [5, 5.41) is 11.3. The van der Waals surface area contributed by atoms with Gasteiger partial charge in [-0.05, 0) is 117 Å². The second kappa shape index (κ2) is 13.9. The van der Waals surface area contributed by atoms with Crippen molar-refractivity contribution in [3.8, 4) is 67.5 Å². The minimum Gasteiger partial charge on any atom is -0.507 e. The van der Waals surface area contributed by atoms with Crippen LogP contribution in [0.5, 0.6) is 5.75 Å². The lowest BCUT2D eigenvalue weighted by atomic mass is 9.83. The van der Waals surface area contributed by atoms with E-state index in [0.717, 1.165) is 61.2 Å². The van der Waals surface area contributed by atoms with Crippen LogP contribution in [0.2, 0.25) is 0 Å². The van der Waals surface area contributed by atoms with Crippen LogP contribution in [-0.4, -0.2) is 19.6 Å². The molecule has 1 N–H and O–H groups in total. The fourth-order valence-electron chi connectivity index (χ4n) is 7.27. The van der Waals surface area contributed by atoms with Gasteiger partial charge in [-0.2, -0.15) is 0 Å². The molecule has 272 valence electrons. The predicted octanol–water partition coefficient (Wildman–Crippen LogP) is 13.4. The summed E-state index contributed by atoms with van der Waals surface area (Å²) in [5.74, 6) is 0.577. The summed E-state index contributed by atoms with van der Waals surface area (Å²) in [5.41, 5.74) is 12.8. The third-order valence-electron chi connectivity index (χ3n) is 10.4. The first-order chi connectivity index (χ1) is 27.5. The van der Waals surface area contributed by atoms with Crippen molar-refractivity contribution in [3.05, 3.63) is 168 Å². The molecule has 0 aliphatic carbocycles. The zero-order valence-corrected chi connectivity index (χ0v) is 32.2. The first-order valence-corrected chi connectivity index (χ1v) is 18.8. The van der Waals surface area contributed by atoms with E-state index in [0.29, 0.717) is 17.1 Å². The van der Waals surface area contributed by atoms with E-state index in [9.17, 15) is 5.11 Å². The molecule has 0 saturated heterocycles. The summed E-state index contributed by atoms with van der Waals surface area (Å²) in [7, 11) is 0. The lowest BCUT2D eigenvalue weighted by Crippen LogP contribution is -2.11. The number of aryl methyl sites for hydroxylation is 1. The Kier molecular flexibility index (Phi) is 8.11. The maximum Gasteiger partial charge on any atom is 0.149 e. The molecule has 0 saturated carbocycles. The number of aromatic nitrogens is 3. The second-order valence-corrected chi connectivity index (χ2v) is 16.4. The maximum atomic E-state index is 11.3. The molecule has 0 spiro atoms. The summed E-state index contributed by atoms with van der Waals surface area (Å²) in [6.07, 6.45) is 1.88. The van der Waals surface area contributed by atoms with Gasteiger partial charge in [-0.1, -0.05) is 133 Å². The third kappa shape index (κ3) is 7.08. The van der Waals surface area contributed by atoms with Gasteiger partial charge in [0.1, 0.15) is 11.6 Å². The van der Waals surface area contributed by atoms with Gasteiger partial charge in [0.05, 0.1) is 22.3 Å². The van der Waals surface area contributed by atoms with Gasteiger partial charge in [0.2, 0.25) is 0 Å². The SMILES string of the molecule is [2H]C([2H])([2H])c1cc(-c2ccccc2)cc(-n2c(-c3ccccc3O)nc3c(-c4cc(-c5cc(-c6ccc(C(C)(C)C)cc6)ccn5)cc(C(C)(C)C)c4)cccc32)c1. The highest BCUT2D eigenvalue weighted by Gasteiger charge is 2.23. The molecular formula is C51H47N3O. The summed E-state index contributed by atoms with van der Waals surface area (Å²) in [4.78, 5) is 10.2. The van der Waals surface area contributed by atoms with Crippen LogP contribution in [0.1, 0.15) is 62.3 Å².